The number of nitrogens with zero attached hydrogens (tertiary/aromatic N) is 3. The monoisotopic (exact) mass is 296 g/mol. The third-order valence-electron chi connectivity index (χ3n) is 3.04. The summed E-state index contributed by atoms with van der Waals surface area (Å²) in [7, 11) is 1.98. The van der Waals surface area contributed by atoms with Crippen LogP contribution in [-0.2, 0) is 6.54 Å². The molecule has 6 heteroatoms. The summed E-state index contributed by atoms with van der Waals surface area (Å²) >= 11 is 1.63. The fourth-order valence-electron chi connectivity index (χ4n) is 2.33. The number of anilines is 1. The van der Waals surface area contributed by atoms with Gasteiger partial charge >= 0.3 is 0 Å². The number of fused-ring (bicyclic) bond motifs is 1. The smallest absolute Gasteiger partial charge is 0.195 e. The third-order valence-corrected chi connectivity index (χ3v) is 3.80. The molecular formula is C14H24N4OS. The first kappa shape index (κ1) is 15.3. The topological polar surface area (TPSA) is 52.8 Å². The van der Waals surface area contributed by atoms with Crippen molar-refractivity contribution in [2.75, 3.05) is 25.0 Å². The van der Waals surface area contributed by atoms with Crippen LogP contribution in [0.1, 0.15) is 32.9 Å². The summed E-state index contributed by atoms with van der Waals surface area (Å²) in [4.78, 5) is 7.72. The molecule has 0 amide bonds. The van der Waals surface area contributed by atoms with Crippen molar-refractivity contribution in [3.8, 4) is 0 Å². The van der Waals surface area contributed by atoms with E-state index in [0.29, 0.717) is 6.54 Å². The lowest BCUT2D eigenvalue weighted by Gasteiger charge is -2.26. The number of rotatable bonds is 7. The van der Waals surface area contributed by atoms with Crippen molar-refractivity contribution in [3.63, 3.8) is 0 Å². The Morgan fingerprint density at radius 3 is 2.90 bits per heavy atom. The lowest BCUT2D eigenvalue weighted by molar-refractivity contribution is 0.0884. The molecule has 0 fully saturated rings. The van der Waals surface area contributed by atoms with Gasteiger partial charge in [0.15, 0.2) is 10.8 Å². The molecule has 0 unspecified atom stereocenters. The molecule has 20 heavy (non-hydrogen) atoms. The fraction of sp³-hybridized carbons (Fsp3) is 0.643. The number of likely N-dealkylation sites (N-methyl/N-ethyl adjacent to an activating group) is 1. The Bertz CT molecular complexity index is 555. The standard InChI is InChI=1S/C14H24N4OS/c1-5-6-15-9-11-12(17(4)10-14(2,3)19)16-13-18(11)7-8-20-13/h7-8,15,19H,5-6,9-10H2,1-4H3. The molecular weight excluding hydrogens is 272 g/mol. The summed E-state index contributed by atoms with van der Waals surface area (Å²) in [5.41, 5.74) is 0.418. The van der Waals surface area contributed by atoms with Gasteiger partial charge in [-0.3, -0.25) is 4.40 Å². The highest BCUT2D eigenvalue weighted by Gasteiger charge is 2.21. The van der Waals surface area contributed by atoms with E-state index >= 15 is 0 Å². The van der Waals surface area contributed by atoms with Gasteiger partial charge in [0.25, 0.3) is 0 Å². The van der Waals surface area contributed by atoms with E-state index in [1.54, 1.807) is 11.3 Å². The molecule has 0 atom stereocenters. The zero-order chi connectivity index (χ0) is 14.8. The Morgan fingerprint density at radius 2 is 2.25 bits per heavy atom. The van der Waals surface area contributed by atoms with Crippen molar-refractivity contribution in [1.29, 1.82) is 0 Å². The van der Waals surface area contributed by atoms with Gasteiger partial charge in [0.1, 0.15) is 0 Å². The summed E-state index contributed by atoms with van der Waals surface area (Å²) in [6.45, 7) is 8.13. The minimum Gasteiger partial charge on any atom is -0.389 e. The van der Waals surface area contributed by atoms with E-state index in [9.17, 15) is 5.11 Å². The number of hydrogen-bond donors (Lipinski definition) is 2. The Hall–Kier alpha value is -1.11. The number of aliphatic hydroxyl groups is 1. The van der Waals surface area contributed by atoms with Gasteiger partial charge in [-0.15, -0.1) is 11.3 Å². The second-order valence-electron chi connectivity index (χ2n) is 5.78. The van der Waals surface area contributed by atoms with Crippen LogP contribution in [0.3, 0.4) is 0 Å². The van der Waals surface area contributed by atoms with Gasteiger partial charge in [-0.05, 0) is 26.8 Å². The van der Waals surface area contributed by atoms with E-state index in [4.69, 9.17) is 4.98 Å². The van der Waals surface area contributed by atoms with E-state index in [2.05, 4.69) is 22.8 Å². The predicted octanol–water partition coefficient (Wildman–Crippen LogP) is 2.10. The number of hydrogen-bond acceptors (Lipinski definition) is 5. The van der Waals surface area contributed by atoms with E-state index < -0.39 is 5.60 Å². The summed E-state index contributed by atoms with van der Waals surface area (Å²) in [5.74, 6) is 0.947. The highest BCUT2D eigenvalue weighted by molar-refractivity contribution is 7.15. The predicted molar refractivity (Wildman–Crippen MR) is 84.6 cm³/mol. The third kappa shape index (κ3) is 3.50. The molecule has 0 aliphatic rings. The SMILES string of the molecule is CCCNCc1c(N(C)CC(C)(C)O)nc2sccn12. The molecule has 2 heterocycles. The van der Waals surface area contributed by atoms with Crippen molar-refractivity contribution in [1.82, 2.24) is 14.7 Å². The maximum absolute atomic E-state index is 9.99. The number of aromatic nitrogens is 2. The highest BCUT2D eigenvalue weighted by Crippen LogP contribution is 2.25. The molecule has 0 aliphatic heterocycles. The van der Waals surface area contributed by atoms with Gasteiger partial charge < -0.3 is 15.3 Å². The Labute approximate surface area is 124 Å². The van der Waals surface area contributed by atoms with Gasteiger partial charge in [-0.2, -0.15) is 0 Å². The molecule has 112 valence electrons. The normalized spacial score (nSPS) is 12.2. The highest BCUT2D eigenvalue weighted by atomic mass is 32.1. The summed E-state index contributed by atoms with van der Waals surface area (Å²) in [6.07, 6.45) is 3.16. The van der Waals surface area contributed by atoms with Crippen LogP contribution < -0.4 is 10.2 Å². The molecule has 0 aromatic carbocycles. The van der Waals surface area contributed by atoms with E-state index in [-0.39, 0.29) is 0 Å². The molecule has 2 N–H and O–H groups in total. The Kier molecular flexibility index (Phi) is 4.67. The van der Waals surface area contributed by atoms with Crippen LogP contribution in [0.25, 0.3) is 4.96 Å². The van der Waals surface area contributed by atoms with Crippen LogP contribution in [0, 0.1) is 0 Å². The molecule has 2 aromatic rings. The summed E-state index contributed by atoms with van der Waals surface area (Å²) < 4.78 is 2.13. The van der Waals surface area contributed by atoms with Crippen LogP contribution in [0.2, 0.25) is 0 Å². The van der Waals surface area contributed by atoms with Gasteiger partial charge in [-0.25, -0.2) is 4.98 Å². The molecule has 0 saturated carbocycles. The minimum absolute atomic E-state index is 0.554. The van der Waals surface area contributed by atoms with Crippen molar-refractivity contribution < 1.29 is 5.11 Å². The molecule has 2 rings (SSSR count). The number of imidazole rings is 1. The van der Waals surface area contributed by atoms with Crippen molar-refractivity contribution in [3.05, 3.63) is 17.3 Å². The molecule has 0 spiro atoms. The van der Waals surface area contributed by atoms with Crippen molar-refractivity contribution >= 4 is 22.1 Å². The van der Waals surface area contributed by atoms with E-state index in [0.717, 1.165) is 36.0 Å². The van der Waals surface area contributed by atoms with Crippen LogP contribution in [0.15, 0.2) is 11.6 Å². The maximum Gasteiger partial charge on any atom is 0.195 e. The van der Waals surface area contributed by atoms with Gasteiger partial charge in [0, 0.05) is 31.7 Å². The Balaban J connectivity index is 2.26. The number of nitrogens with one attached hydrogen (secondary N) is 1. The van der Waals surface area contributed by atoms with Gasteiger partial charge in [-0.1, -0.05) is 6.92 Å². The zero-order valence-corrected chi connectivity index (χ0v) is 13.5. The van der Waals surface area contributed by atoms with Crippen LogP contribution in [-0.4, -0.2) is 40.2 Å². The second kappa shape index (κ2) is 6.11. The zero-order valence-electron chi connectivity index (χ0n) is 12.7. The molecule has 0 aliphatic carbocycles. The molecule has 5 nitrogen and oxygen atoms in total. The van der Waals surface area contributed by atoms with Gasteiger partial charge in [0.05, 0.1) is 11.3 Å². The van der Waals surface area contributed by atoms with Crippen LogP contribution in [0.4, 0.5) is 5.82 Å². The largest absolute Gasteiger partial charge is 0.389 e. The van der Waals surface area contributed by atoms with E-state index in [1.165, 1.54) is 0 Å². The first-order valence-electron chi connectivity index (χ1n) is 7.01. The first-order valence-corrected chi connectivity index (χ1v) is 7.89. The lowest BCUT2D eigenvalue weighted by atomic mass is 10.1. The first-order chi connectivity index (χ1) is 9.42. The lowest BCUT2D eigenvalue weighted by Crippen LogP contribution is -2.37. The van der Waals surface area contributed by atoms with Gasteiger partial charge in [0.2, 0.25) is 0 Å². The summed E-state index contributed by atoms with van der Waals surface area (Å²) in [6, 6.07) is 0. The number of thiazole rings is 1. The molecule has 0 bridgehead atoms. The van der Waals surface area contributed by atoms with Crippen molar-refractivity contribution in [2.45, 2.75) is 39.3 Å². The quantitative estimate of drug-likeness (QED) is 0.768. The molecule has 2 aromatic heterocycles. The van der Waals surface area contributed by atoms with Crippen LogP contribution >= 0.6 is 11.3 Å². The molecule has 0 saturated heterocycles. The maximum atomic E-state index is 9.99. The molecule has 0 radical (unpaired) electrons. The average Bonchev–Trinajstić information content (AvgIpc) is 2.88. The fourth-order valence-corrected chi connectivity index (χ4v) is 3.06. The van der Waals surface area contributed by atoms with E-state index in [1.807, 2.05) is 31.2 Å². The second-order valence-corrected chi connectivity index (χ2v) is 6.66. The summed E-state index contributed by atoms with van der Waals surface area (Å²) in [5, 5.41) is 15.5. The average molecular weight is 296 g/mol. The Morgan fingerprint density at radius 1 is 1.50 bits per heavy atom. The minimum atomic E-state index is -0.736. The van der Waals surface area contributed by atoms with Crippen LogP contribution in [0.5, 0.6) is 0 Å². The van der Waals surface area contributed by atoms with Crippen molar-refractivity contribution in [2.24, 2.45) is 0 Å².